The van der Waals surface area contributed by atoms with E-state index in [0.717, 1.165) is 17.8 Å². The average molecular weight is 237 g/mol. The summed E-state index contributed by atoms with van der Waals surface area (Å²) in [6, 6.07) is 1.20. The highest BCUT2D eigenvalue weighted by molar-refractivity contribution is 5.76. The van der Waals surface area contributed by atoms with E-state index in [-0.39, 0.29) is 5.92 Å². The third-order valence-corrected chi connectivity index (χ3v) is 2.75. The standard InChI is InChI=1S/C12H19N3O2/c1-5-7(2)10(11(16)17)15-12-13-8(3)6-9(4)14-12/h6-7,10H,5H2,1-4H3,(H,16,17)(H,13,14,15)/t7-,10-/m0/s1. The third kappa shape index (κ3) is 3.69. The van der Waals surface area contributed by atoms with Crippen molar-refractivity contribution in [2.45, 2.75) is 40.2 Å². The Morgan fingerprint density at radius 1 is 1.41 bits per heavy atom. The summed E-state index contributed by atoms with van der Waals surface area (Å²) in [5.41, 5.74) is 1.65. The molecule has 1 aromatic rings. The quantitative estimate of drug-likeness (QED) is 0.819. The highest BCUT2D eigenvalue weighted by Crippen LogP contribution is 2.13. The van der Waals surface area contributed by atoms with Gasteiger partial charge in [0.05, 0.1) is 0 Å². The van der Waals surface area contributed by atoms with E-state index in [9.17, 15) is 4.79 Å². The summed E-state index contributed by atoms with van der Waals surface area (Å²) in [5, 5.41) is 12.0. The highest BCUT2D eigenvalue weighted by Gasteiger charge is 2.24. The first-order valence-electron chi connectivity index (χ1n) is 5.75. The number of carbonyl (C=O) groups is 1. The Morgan fingerprint density at radius 3 is 2.35 bits per heavy atom. The predicted octanol–water partition coefficient (Wildman–Crippen LogP) is 2.00. The van der Waals surface area contributed by atoms with E-state index in [4.69, 9.17) is 5.11 Å². The number of aryl methyl sites for hydroxylation is 2. The van der Waals surface area contributed by atoms with Crippen molar-refractivity contribution >= 4 is 11.9 Å². The summed E-state index contributed by atoms with van der Waals surface area (Å²) in [4.78, 5) is 19.5. The van der Waals surface area contributed by atoms with Gasteiger partial charge in [0.1, 0.15) is 6.04 Å². The molecule has 0 aliphatic rings. The van der Waals surface area contributed by atoms with Crippen LogP contribution >= 0.6 is 0 Å². The van der Waals surface area contributed by atoms with Crippen LogP contribution < -0.4 is 5.32 Å². The summed E-state index contributed by atoms with van der Waals surface area (Å²) in [5.74, 6) is -0.464. The van der Waals surface area contributed by atoms with Gasteiger partial charge in [-0.1, -0.05) is 20.3 Å². The number of aliphatic carboxylic acids is 1. The molecule has 1 heterocycles. The normalized spacial score (nSPS) is 14.1. The summed E-state index contributed by atoms with van der Waals surface area (Å²) in [7, 11) is 0. The minimum Gasteiger partial charge on any atom is -0.480 e. The van der Waals surface area contributed by atoms with Gasteiger partial charge >= 0.3 is 5.97 Å². The fourth-order valence-electron chi connectivity index (χ4n) is 1.61. The van der Waals surface area contributed by atoms with Crippen molar-refractivity contribution in [3.05, 3.63) is 17.5 Å². The zero-order valence-electron chi connectivity index (χ0n) is 10.7. The average Bonchev–Trinajstić information content (AvgIpc) is 2.23. The van der Waals surface area contributed by atoms with Crippen LogP contribution in [0.25, 0.3) is 0 Å². The Hall–Kier alpha value is -1.65. The lowest BCUT2D eigenvalue weighted by molar-refractivity contribution is -0.139. The molecule has 5 nitrogen and oxygen atoms in total. The molecular weight excluding hydrogens is 218 g/mol. The SMILES string of the molecule is CC[C@H](C)[C@H](Nc1nc(C)cc(C)n1)C(=O)O. The molecule has 0 spiro atoms. The van der Waals surface area contributed by atoms with Crippen molar-refractivity contribution in [2.75, 3.05) is 5.32 Å². The molecule has 0 saturated carbocycles. The second kappa shape index (κ2) is 5.61. The van der Waals surface area contributed by atoms with Crippen LogP contribution in [0.5, 0.6) is 0 Å². The molecule has 1 aromatic heterocycles. The summed E-state index contributed by atoms with van der Waals surface area (Å²) in [6.45, 7) is 7.58. The lowest BCUT2D eigenvalue weighted by Gasteiger charge is -2.20. The fraction of sp³-hybridized carbons (Fsp3) is 0.583. The highest BCUT2D eigenvalue weighted by atomic mass is 16.4. The molecule has 0 amide bonds. The molecule has 0 aromatic carbocycles. The molecule has 5 heteroatoms. The van der Waals surface area contributed by atoms with E-state index in [2.05, 4.69) is 15.3 Å². The molecule has 0 radical (unpaired) electrons. The van der Waals surface area contributed by atoms with Crippen molar-refractivity contribution in [3.63, 3.8) is 0 Å². The van der Waals surface area contributed by atoms with E-state index in [1.807, 2.05) is 33.8 Å². The van der Waals surface area contributed by atoms with Crippen LogP contribution in [0.1, 0.15) is 31.7 Å². The van der Waals surface area contributed by atoms with Gasteiger partial charge in [0.25, 0.3) is 0 Å². The summed E-state index contributed by atoms with van der Waals surface area (Å²) >= 11 is 0. The van der Waals surface area contributed by atoms with Gasteiger partial charge in [-0.3, -0.25) is 0 Å². The number of rotatable bonds is 5. The molecule has 2 N–H and O–H groups in total. The third-order valence-electron chi connectivity index (χ3n) is 2.75. The van der Waals surface area contributed by atoms with Crippen molar-refractivity contribution < 1.29 is 9.90 Å². The fourth-order valence-corrected chi connectivity index (χ4v) is 1.61. The molecule has 2 atom stereocenters. The number of nitrogens with zero attached hydrogens (tertiary/aromatic N) is 2. The number of nitrogens with one attached hydrogen (secondary N) is 1. The lowest BCUT2D eigenvalue weighted by atomic mass is 9.99. The van der Waals surface area contributed by atoms with Crippen LogP contribution in [0, 0.1) is 19.8 Å². The topological polar surface area (TPSA) is 75.1 Å². The monoisotopic (exact) mass is 237 g/mol. The van der Waals surface area contributed by atoms with Gasteiger partial charge in [-0.2, -0.15) is 0 Å². The first-order valence-corrected chi connectivity index (χ1v) is 5.75. The molecule has 0 bridgehead atoms. The molecule has 94 valence electrons. The second-order valence-corrected chi connectivity index (χ2v) is 4.32. The van der Waals surface area contributed by atoms with Crippen molar-refractivity contribution in [1.29, 1.82) is 0 Å². The summed E-state index contributed by atoms with van der Waals surface area (Å²) in [6.07, 6.45) is 0.786. The van der Waals surface area contributed by atoms with Crippen molar-refractivity contribution in [2.24, 2.45) is 5.92 Å². The lowest BCUT2D eigenvalue weighted by Crippen LogP contribution is -2.36. The van der Waals surface area contributed by atoms with Crippen LogP contribution in [0.2, 0.25) is 0 Å². The minimum absolute atomic E-state index is 0.0249. The van der Waals surface area contributed by atoms with Gasteiger partial charge in [0.15, 0.2) is 0 Å². The number of carboxylic acid groups (broad SMARTS) is 1. The number of carboxylic acids is 1. The minimum atomic E-state index is -0.873. The van der Waals surface area contributed by atoms with Crippen molar-refractivity contribution in [3.8, 4) is 0 Å². The van der Waals surface area contributed by atoms with Gasteiger partial charge in [-0.15, -0.1) is 0 Å². The Kier molecular flexibility index (Phi) is 4.43. The predicted molar refractivity (Wildman–Crippen MR) is 66.0 cm³/mol. The van der Waals surface area contributed by atoms with Crippen LogP contribution in [0.3, 0.4) is 0 Å². The van der Waals surface area contributed by atoms with Crippen LogP contribution in [0.15, 0.2) is 6.07 Å². The largest absolute Gasteiger partial charge is 0.480 e. The summed E-state index contributed by atoms with van der Waals surface area (Å²) < 4.78 is 0. The number of aromatic nitrogens is 2. The van der Waals surface area contributed by atoms with Crippen LogP contribution in [-0.4, -0.2) is 27.1 Å². The molecule has 0 aliphatic heterocycles. The maximum absolute atomic E-state index is 11.2. The van der Waals surface area contributed by atoms with Gasteiger partial charge in [0, 0.05) is 11.4 Å². The number of hydrogen-bond donors (Lipinski definition) is 2. The Morgan fingerprint density at radius 2 is 1.94 bits per heavy atom. The van der Waals surface area contributed by atoms with E-state index in [1.54, 1.807) is 0 Å². The van der Waals surface area contributed by atoms with E-state index in [0.29, 0.717) is 5.95 Å². The first kappa shape index (κ1) is 13.4. The smallest absolute Gasteiger partial charge is 0.326 e. The van der Waals surface area contributed by atoms with Gasteiger partial charge in [-0.05, 0) is 25.8 Å². The Labute approximate surface area is 101 Å². The maximum Gasteiger partial charge on any atom is 0.326 e. The Balaban J connectivity index is 2.89. The number of hydrogen-bond acceptors (Lipinski definition) is 4. The van der Waals surface area contributed by atoms with E-state index in [1.165, 1.54) is 0 Å². The first-order chi connectivity index (χ1) is 7.93. The van der Waals surface area contributed by atoms with E-state index < -0.39 is 12.0 Å². The van der Waals surface area contributed by atoms with E-state index >= 15 is 0 Å². The molecule has 0 fully saturated rings. The molecule has 0 unspecified atom stereocenters. The zero-order valence-corrected chi connectivity index (χ0v) is 10.7. The van der Waals surface area contributed by atoms with Gasteiger partial charge in [-0.25, -0.2) is 14.8 Å². The van der Waals surface area contributed by atoms with Gasteiger partial charge < -0.3 is 10.4 Å². The second-order valence-electron chi connectivity index (χ2n) is 4.32. The Bertz CT molecular complexity index is 386. The van der Waals surface area contributed by atoms with Gasteiger partial charge in [0.2, 0.25) is 5.95 Å². The van der Waals surface area contributed by atoms with Crippen molar-refractivity contribution in [1.82, 2.24) is 9.97 Å². The molecular formula is C12H19N3O2. The molecule has 0 aliphatic carbocycles. The number of anilines is 1. The molecule has 17 heavy (non-hydrogen) atoms. The molecule has 1 rings (SSSR count). The molecule has 0 saturated heterocycles. The maximum atomic E-state index is 11.2. The van der Waals surface area contributed by atoms with Crippen LogP contribution in [0.4, 0.5) is 5.95 Å². The van der Waals surface area contributed by atoms with Crippen LogP contribution in [-0.2, 0) is 4.79 Å². The zero-order chi connectivity index (χ0) is 13.0.